The van der Waals surface area contributed by atoms with Crippen LogP contribution in [-0.2, 0) is 22.6 Å². The molecule has 0 aromatic heterocycles. The topological polar surface area (TPSA) is 122 Å². The van der Waals surface area contributed by atoms with Crippen LogP contribution in [-0.4, -0.2) is 29.1 Å². The van der Waals surface area contributed by atoms with Gasteiger partial charge in [0.05, 0.1) is 6.42 Å². The normalized spacial score (nSPS) is 11.4. The number of rotatable bonds is 6. The molecule has 0 aliphatic carbocycles. The van der Waals surface area contributed by atoms with Crippen LogP contribution in [0.3, 0.4) is 0 Å². The Hall–Kier alpha value is -2.57. The van der Waals surface area contributed by atoms with E-state index in [1.54, 1.807) is 24.3 Å². The van der Waals surface area contributed by atoms with E-state index in [0.717, 1.165) is 0 Å². The summed E-state index contributed by atoms with van der Waals surface area (Å²) in [6.07, 6.45) is -0.114. The second-order valence-electron chi connectivity index (χ2n) is 4.29. The molecule has 0 radical (unpaired) electrons. The average Bonchev–Trinajstić information content (AvgIpc) is 2.36. The monoisotopic (exact) mass is 279 g/mol. The van der Waals surface area contributed by atoms with Gasteiger partial charge in [-0.3, -0.25) is 9.59 Å². The first kappa shape index (κ1) is 15.5. The number of carbonyl (C=O) groups excluding carboxylic acids is 2. The number of hydrogen-bond acceptors (Lipinski definition) is 3. The molecule has 7 nitrogen and oxygen atoms in total. The number of carbonyl (C=O) groups is 3. The van der Waals surface area contributed by atoms with Gasteiger partial charge in [0.1, 0.15) is 6.04 Å². The lowest BCUT2D eigenvalue weighted by Crippen LogP contribution is -2.46. The van der Waals surface area contributed by atoms with Gasteiger partial charge in [0, 0.05) is 6.54 Å². The molecule has 0 heterocycles. The Labute approximate surface area is 116 Å². The van der Waals surface area contributed by atoms with Crippen LogP contribution in [0.4, 0.5) is 4.79 Å². The van der Waals surface area contributed by atoms with Crippen LogP contribution in [0.2, 0.25) is 0 Å². The smallest absolute Gasteiger partial charge is 0.315 e. The van der Waals surface area contributed by atoms with E-state index < -0.39 is 23.9 Å². The number of aliphatic carboxylic acids is 1. The molecule has 0 saturated heterocycles. The fraction of sp³-hybridized carbons (Fsp3) is 0.308. The summed E-state index contributed by atoms with van der Waals surface area (Å²) in [5, 5.41) is 13.7. The van der Waals surface area contributed by atoms with Crippen LogP contribution in [0.25, 0.3) is 0 Å². The molecule has 1 rings (SSSR count). The summed E-state index contributed by atoms with van der Waals surface area (Å²) in [6, 6.07) is 5.60. The molecule has 7 heteroatoms. The van der Waals surface area contributed by atoms with E-state index in [0.29, 0.717) is 11.1 Å². The quantitative estimate of drug-likeness (QED) is 0.585. The van der Waals surface area contributed by atoms with Crippen LogP contribution < -0.4 is 16.4 Å². The third-order valence-corrected chi connectivity index (χ3v) is 2.67. The number of nitrogens with one attached hydrogen (secondary N) is 2. The first-order valence-corrected chi connectivity index (χ1v) is 6.02. The van der Waals surface area contributed by atoms with Crippen molar-refractivity contribution in [3.8, 4) is 0 Å². The summed E-state index contributed by atoms with van der Waals surface area (Å²) in [5.74, 6) is -1.57. The Morgan fingerprint density at radius 1 is 1.25 bits per heavy atom. The number of carboxylic acid groups (broad SMARTS) is 1. The number of benzene rings is 1. The first-order valence-electron chi connectivity index (χ1n) is 6.02. The Bertz CT molecular complexity index is 516. The highest BCUT2D eigenvalue weighted by molar-refractivity contribution is 5.85. The predicted molar refractivity (Wildman–Crippen MR) is 71.8 cm³/mol. The summed E-state index contributed by atoms with van der Waals surface area (Å²) >= 11 is 0. The average molecular weight is 279 g/mol. The molecule has 0 aliphatic heterocycles. The van der Waals surface area contributed by atoms with Crippen molar-refractivity contribution < 1.29 is 19.5 Å². The SMILES string of the molecule is CC(NC(=O)NCc1ccccc1CC(=O)O)C(N)=O. The van der Waals surface area contributed by atoms with Crippen LogP contribution in [0.15, 0.2) is 24.3 Å². The maximum atomic E-state index is 11.5. The number of amides is 3. The first-order chi connectivity index (χ1) is 9.40. The minimum absolute atomic E-state index is 0.114. The molecule has 5 N–H and O–H groups in total. The van der Waals surface area contributed by atoms with Crippen molar-refractivity contribution in [3.63, 3.8) is 0 Å². The van der Waals surface area contributed by atoms with Crippen LogP contribution in [0.1, 0.15) is 18.1 Å². The lowest BCUT2D eigenvalue weighted by Gasteiger charge is -2.13. The standard InChI is InChI=1S/C13H17N3O4/c1-8(12(14)19)16-13(20)15-7-10-5-3-2-4-9(10)6-11(17)18/h2-5,8H,6-7H2,1H3,(H2,14,19)(H,17,18)(H2,15,16,20). The van der Waals surface area contributed by atoms with Gasteiger partial charge in [0.25, 0.3) is 0 Å². The largest absolute Gasteiger partial charge is 0.481 e. The van der Waals surface area contributed by atoms with E-state index in [1.807, 2.05) is 0 Å². The zero-order valence-electron chi connectivity index (χ0n) is 11.1. The molecule has 0 spiro atoms. The Morgan fingerprint density at radius 2 is 1.85 bits per heavy atom. The van der Waals surface area contributed by atoms with Gasteiger partial charge < -0.3 is 21.5 Å². The number of hydrogen-bond donors (Lipinski definition) is 4. The molecule has 1 aromatic carbocycles. The fourth-order valence-corrected chi connectivity index (χ4v) is 1.56. The summed E-state index contributed by atoms with van der Waals surface area (Å²) in [5.41, 5.74) is 6.36. The van der Waals surface area contributed by atoms with Crippen molar-refractivity contribution in [1.82, 2.24) is 10.6 Å². The second kappa shape index (κ2) is 7.13. The summed E-state index contributed by atoms with van der Waals surface area (Å²) < 4.78 is 0. The van der Waals surface area contributed by atoms with Gasteiger partial charge in [-0.05, 0) is 18.1 Å². The minimum atomic E-state index is -0.941. The zero-order valence-corrected chi connectivity index (χ0v) is 11.1. The molecule has 3 amide bonds. The molecule has 0 bridgehead atoms. The maximum absolute atomic E-state index is 11.5. The highest BCUT2D eigenvalue weighted by atomic mass is 16.4. The van der Waals surface area contributed by atoms with Crippen molar-refractivity contribution >= 4 is 17.9 Å². The third-order valence-electron chi connectivity index (χ3n) is 2.67. The predicted octanol–water partition coefficient (Wildman–Crippen LogP) is -0.0133. The highest BCUT2D eigenvalue weighted by Crippen LogP contribution is 2.09. The molecular weight excluding hydrogens is 262 g/mol. The van der Waals surface area contributed by atoms with E-state index >= 15 is 0 Å². The fourth-order valence-electron chi connectivity index (χ4n) is 1.56. The van der Waals surface area contributed by atoms with Gasteiger partial charge in [0.2, 0.25) is 5.91 Å². The summed E-state index contributed by atoms with van der Waals surface area (Å²) in [6.45, 7) is 1.64. The number of carboxylic acids is 1. The Morgan fingerprint density at radius 3 is 2.40 bits per heavy atom. The number of urea groups is 1. The molecule has 0 fully saturated rings. The van der Waals surface area contributed by atoms with Crippen molar-refractivity contribution in [2.45, 2.75) is 25.9 Å². The maximum Gasteiger partial charge on any atom is 0.315 e. The van der Waals surface area contributed by atoms with E-state index in [9.17, 15) is 14.4 Å². The Balaban J connectivity index is 2.59. The van der Waals surface area contributed by atoms with Gasteiger partial charge in [-0.1, -0.05) is 24.3 Å². The highest BCUT2D eigenvalue weighted by Gasteiger charge is 2.12. The van der Waals surface area contributed by atoms with Crippen LogP contribution >= 0.6 is 0 Å². The Kier molecular flexibility index (Phi) is 5.52. The van der Waals surface area contributed by atoms with Crippen molar-refractivity contribution in [2.24, 2.45) is 5.73 Å². The van der Waals surface area contributed by atoms with Crippen molar-refractivity contribution in [3.05, 3.63) is 35.4 Å². The van der Waals surface area contributed by atoms with Gasteiger partial charge in [0.15, 0.2) is 0 Å². The zero-order chi connectivity index (χ0) is 15.1. The molecule has 0 aliphatic rings. The van der Waals surface area contributed by atoms with E-state index in [2.05, 4.69) is 10.6 Å². The molecule has 108 valence electrons. The van der Waals surface area contributed by atoms with Crippen molar-refractivity contribution in [2.75, 3.05) is 0 Å². The van der Waals surface area contributed by atoms with Crippen LogP contribution in [0.5, 0.6) is 0 Å². The molecule has 20 heavy (non-hydrogen) atoms. The van der Waals surface area contributed by atoms with Gasteiger partial charge in [-0.2, -0.15) is 0 Å². The van der Waals surface area contributed by atoms with Gasteiger partial charge in [-0.15, -0.1) is 0 Å². The van der Waals surface area contributed by atoms with Gasteiger partial charge in [-0.25, -0.2) is 4.79 Å². The van der Waals surface area contributed by atoms with E-state index in [1.165, 1.54) is 6.92 Å². The molecule has 1 unspecified atom stereocenters. The number of nitrogens with two attached hydrogens (primary N) is 1. The molecular formula is C13H17N3O4. The molecule has 1 aromatic rings. The van der Waals surface area contributed by atoms with Gasteiger partial charge >= 0.3 is 12.0 Å². The second-order valence-corrected chi connectivity index (χ2v) is 4.29. The van der Waals surface area contributed by atoms with E-state index in [-0.39, 0.29) is 13.0 Å². The van der Waals surface area contributed by atoms with E-state index in [4.69, 9.17) is 10.8 Å². The summed E-state index contributed by atoms with van der Waals surface area (Å²) in [4.78, 5) is 33.0. The molecule has 1 atom stereocenters. The lowest BCUT2D eigenvalue weighted by atomic mass is 10.0. The molecule has 0 saturated carbocycles. The number of primary amides is 1. The van der Waals surface area contributed by atoms with Crippen molar-refractivity contribution in [1.29, 1.82) is 0 Å². The summed E-state index contributed by atoms with van der Waals surface area (Å²) in [7, 11) is 0. The lowest BCUT2D eigenvalue weighted by molar-refractivity contribution is -0.136. The van der Waals surface area contributed by atoms with Crippen LogP contribution in [0, 0.1) is 0 Å². The minimum Gasteiger partial charge on any atom is -0.481 e. The third kappa shape index (κ3) is 4.97.